The van der Waals surface area contributed by atoms with E-state index in [0.29, 0.717) is 11.7 Å². The monoisotopic (exact) mass is 247 g/mol. The standard InChI is InChI=1S/C13H17N3O2/c1-8-7-9(5-6-10(8)17-4)11-15-12(18-16-11)13(2,3)14/h5-7H,14H2,1-4H3. The lowest BCUT2D eigenvalue weighted by atomic mass is 10.1. The molecule has 0 fully saturated rings. The van der Waals surface area contributed by atoms with Crippen molar-refractivity contribution in [2.75, 3.05) is 7.11 Å². The minimum Gasteiger partial charge on any atom is -0.496 e. The SMILES string of the molecule is COc1ccc(-c2noc(C(C)(C)N)n2)cc1C. The lowest BCUT2D eigenvalue weighted by molar-refractivity contribution is 0.312. The molecule has 1 aromatic carbocycles. The van der Waals surface area contributed by atoms with Gasteiger partial charge in [-0.1, -0.05) is 5.16 Å². The van der Waals surface area contributed by atoms with Gasteiger partial charge in [0.05, 0.1) is 12.6 Å². The molecular weight excluding hydrogens is 230 g/mol. The van der Waals surface area contributed by atoms with Gasteiger partial charge in [0.2, 0.25) is 11.7 Å². The van der Waals surface area contributed by atoms with E-state index >= 15 is 0 Å². The fourth-order valence-corrected chi connectivity index (χ4v) is 1.62. The van der Waals surface area contributed by atoms with Crippen LogP contribution in [0.15, 0.2) is 22.7 Å². The third-order valence-corrected chi connectivity index (χ3v) is 2.63. The van der Waals surface area contributed by atoms with E-state index in [1.54, 1.807) is 7.11 Å². The normalized spacial score (nSPS) is 11.6. The summed E-state index contributed by atoms with van der Waals surface area (Å²) in [5.74, 6) is 1.79. The molecule has 0 atom stereocenters. The maximum Gasteiger partial charge on any atom is 0.246 e. The third-order valence-electron chi connectivity index (χ3n) is 2.63. The summed E-state index contributed by atoms with van der Waals surface area (Å²) in [5, 5.41) is 3.94. The summed E-state index contributed by atoms with van der Waals surface area (Å²) >= 11 is 0. The molecule has 0 spiro atoms. The number of nitrogens with zero attached hydrogens (tertiary/aromatic N) is 2. The molecule has 5 heteroatoms. The van der Waals surface area contributed by atoms with Gasteiger partial charge in [-0.25, -0.2) is 0 Å². The van der Waals surface area contributed by atoms with Gasteiger partial charge >= 0.3 is 0 Å². The fraction of sp³-hybridized carbons (Fsp3) is 0.385. The van der Waals surface area contributed by atoms with Crippen molar-refractivity contribution in [3.05, 3.63) is 29.7 Å². The Hall–Kier alpha value is -1.88. The van der Waals surface area contributed by atoms with Gasteiger partial charge in [0.25, 0.3) is 0 Å². The number of nitrogens with two attached hydrogens (primary N) is 1. The highest BCUT2D eigenvalue weighted by Gasteiger charge is 2.22. The van der Waals surface area contributed by atoms with Crippen molar-refractivity contribution in [2.45, 2.75) is 26.3 Å². The highest BCUT2D eigenvalue weighted by atomic mass is 16.5. The van der Waals surface area contributed by atoms with Crippen LogP contribution in [0.3, 0.4) is 0 Å². The number of ether oxygens (including phenoxy) is 1. The van der Waals surface area contributed by atoms with Crippen LogP contribution in [0, 0.1) is 6.92 Å². The van der Waals surface area contributed by atoms with Crippen LogP contribution >= 0.6 is 0 Å². The summed E-state index contributed by atoms with van der Waals surface area (Å²) in [5.41, 5.74) is 7.18. The minimum absolute atomic E-state index is 0.422. The van der Waals surface area contributed by atoms with E-state index in [9.17, 15) is 0 Å². The molecule has 18 heavy (non-hydrogen) atoms. The van der Waals surface area contributed by atoms with Gasteiger partial charge in [0.1, 0.15) is 5.75 Å². The predicted octanol–water partition coefficient (Wildman–Crippen LogP) is 2.25. The van der Waals surface area contributed by atoms with Gasteiger partial charge in [-0.3, -0.25) is 0 Å². The second kappa shape index (κ2) is 4.42. The van der Waals surface area contributed by atoms with E-state index in [-0.39, 0.29) is 0 Å². The first-order valence-electron chi connectivity index (χ1n) is 5.70. The first-order valence-corrected chi connectivity index (χ1v) is 5.70. The van der Waals surface area contributed by atoms with Crippen molar-refractivity contribution in [2.24, 2.45) is 5.73 Å². The molecule has 0 saturated carbocycles. The van der Waals surface area contributed by atoms with Crippen molar-refractivity contribution >= 4 is 0 Å². The maximum atomic E-state index is 5.91. The van der Waals surface area contributed by atoms with E-state index in [0.717, 1.165) is 16.9 Å². The molecule has 0 radical (unpaired) electrons. The van der Waals surface area contributed by atoms with Gasteiger partial charge in [-0.2, -0.15) is 4.98 Å². The average Bonchev–Trinajstić information content (AvgIpc) is 2.77. The molecule has 2 rings (SSSR count). The quantitative estimate of drug-likeness (QED) is 0.900. The number of hydrogen-bond acceptors (Lipinski definition) is 5. The number of aromatic nitrogens is 2. The molecule has 0 aliphatic heterocycles. The summed E-state index contributed by atoms with van der Waals surface area (Å²) in [7, 11) is 1.64. The van der Waals surface area contributed by atoms with Crippen molar-refractivity contribution in [3.8, 4) is 17.1 Å². The molecule has 5 nitrogen and oxygen atoms in total. The third kappa shape index (κ3) is 2.36. The van der Waals surface area contributed by atoms with Gasteiger partial charge in [-0.05, 0) is 44.5 Å². The first kappa shape index (κ1) is 12.6. The molecule has 0 aliphatic rings. The minimum atomic E-state index is -0.632. The second-order valence-electron chi connectivity index (χ2n) is 4.83. The lowest BCUT2D eigenvalue weighted by Crippen LogP contribution is -2.28. The number of methoxy groups -OCH3 is 1. The molecule has 0 unspecified atom stereocenters. The van der Waals surface area contributed by atoms with E-state index in [1.165, 1.54) is 0 Å². The largest absolute Gasteiger partial charge is 0.496 e. The molecule has 0 saturated heterocycles. The number of benzene rings is 1. The van der Waals surface area contributed by atoms with Crippen LogP contribution < -0.4 is 10.5 Å². The maximum absolute atomic E-state index is 5.91. The Morgan fingerprint density at radius 3 is 2.56 bits per heavy atom. The van der Waals surface area contributed by atoms with E-state index in [1.807, 2.05) is 39.0 Å². The molecule has 96 valence electrons. The van der Waals surface area contributed by atoms with Gasteiger partial charge < -0.3 is 15.0 Å². The second-order valence-corrected chi connectivity index (χ2v) is 4.83. The Labute approximate surface area is 106 Å². The predicted molar refractivity (Wildman–Crippen MR) is 68.2 cm³/mol. The Balaban J connectivity index is 2.38. The van der Waals surface area contributed by atoms with Gasteiger partial charge in [0.15, 0.2) is 0 Å². The summed E-state index contributed by atoms with van der Waals surface area (Å²) in [6.07, 6.45) is 0. The molecule has 2 N–H and O–H groups in total. The van der Waals surface area contributed by atoms with Gasteiger partial charge in [-0.15, -0.1) is 0 Å². The zero-order valence-electron chi connectivity index (χ0n) is 11.0. The molecule has 0 amide bonds. The van der Waals surface area contributed by atoms with Gasteiger partial charge in [0, 0.05) is 5.56 Å². The Morgan fingerprint density at radius 1 is 1.33 bits per heavy atom. The highest BCUT2D eigenvalue weighted by molar-refractivity contribution is 5.58. The first-order chi connectivity index (χ1) is 8.41. The van der Waals surface area contributed by atoms with Crippen LogP contribution in [0.25, 0.3) is 11.4 Å². The fourth-order valence-electron chi connectivity index (χ4n) is 1.62. The molecule has 2 aromatic rings. The zero-order valence-corrected chi connectivity index (χ0v) is 11.0. The highest BCUT2D eigenvalue weighted by Crippen LogP contribution is 2.25. The lowest BCUT2D eigenvalue weighted by Gasteiger charge is -2.10. The van der Waals surface area contributed by atoms with Crippen molar-refractivity contribution in [1.82, 2.24) is 10.1 Å². The topological polar surface area (TPSA) is 74.2 Å². The van der Waals surface area contributed by atoms with E-state index in [2.05, 4.69) is 10.1 Å². The van der Waals surface area contributed by atoms with Crippen LogP contribution in [0.4, 0.5) is 0 Å². The smallest absolute Gasteiger partial charge is 0.246 e. The van der Waals surface area contributed by atoms with Crippen LogP contribution in [-0.2, 0) is 5.54 Å². The molecule has 0 aliphatic carbocycles. The summed E-state index contributed by atoms with van der Waals surface area (Å²) < 4.78 is 10.4. The Morgan fingerprint density at radius 2 is 2.06 bits per heavy atom. The van der Waals surface area contributed by atoms with Crippen molar-refractivity contribution < 1.29 is 9.26 Å². The number of hydrogen-bond donors (Lipinski definition) is 1. The number of rotatable bonds is 3. The molecule has 1 heterocycles. The van der Waals surface area contributed by atoms with Crippen LogP contribution in [0.2, 0.25) is 0 Å². The average molecular weight is 247 g/mol. The van der Waals surface area contributed by atoms with E-state index in [4.69, 9.17) is 15.0 Å². The molecular formula is C13H17N3O2. The zero-order chi connectivity index (χ0) is 13.3. The summed E-state index contributed by atoms with van der Waals surface area (Å²) in [6.45, 7) is 5.61. The van der Waals surface area contributed by atoms with Crippen LogP contribution in [0.5, 0.6) is 5.75 Å². The van der Waals surface area contributed by atoms with Crippen LogP contribution in [0.1, 0.15) is 25.3 Å². The Bertz CT molecular complexity index is 556. The Kier molecular flexibility index (Phi) is 3.09. The van der Waals surface area contributed by atoms with Crippen LogP contribution in [-0.4, -0.2) is 17.3 Å². The van der Waals surface area contributed by atoms with Crippen molar-refractivity contribution in [3.63, 3.8) is 0 Å². The number of aryl methyl sites for hydroxylation is 1. The van der Waals surface area contributed by atoms with Crippen molar-refractivity contribution in [1.29, 1.82) is 0 Å². The molecule has 0 bridgehead atoms. The summed E-state index contributed by atoms with van der Waals surface area (Å²) in [4.78, 5) is 4.30. The van der Waals surface area contributed by atoms with E-state index < -0.39 is 5.54 Å². The summed E-state index contributed by atoms with van der Waals surface area (Å²) in [6, 6.07) is 5.73. The molecule has 1 aromatic heterocycles.